The monoisotopic (exact) mass is 135 g/mol. The first-order chi connectivity index (χ1) is 4.93. The molecule has 1 heterocycles. The standard InChI is InChI=1S/C8H9NO/c1-10-7-3-5-8-4-2-6-9-8/h2,4,6,9H,7H2,1H3. The molecule has 52 valence electrons. The van der Waals surface area contributed by atoms with E-state index in [0.29, 0.717) is 6.61 Å². The van der Waals surface area contributed by atoms with Crippen LogP contribution in [0.15, 0.2) is 18.3 Å². The second-order valence-corrected chi connectivity index (χ2v) is 1.82. The number of H-pyrrole nitrogens is 1. The van der Waals surface area contributed by atoms with Gasteiger partial charge in [0.25, 0.3) is 0 Å². The van der Waals surface area contributed by atoms with Crippen molar-refractivity contribution in [3.05, 3.63) is 24.0 Å². The van der Waals surface area contributed by atoms with Crippen LogP contribution in [0.4, 0.5) is 0 Å². The molecule has 1 N–H and O–H groups in total. The Morgan fingerprint density at radius 2 is 2.60 bits per heavy atom. The summed E-state index contributed by atoms with van der Waals surface area (Å²) in [6.07, 6.45) is 1.84. The van der Waals surface area contributed by atoms with Gasteiger partial charge < -0.3 is 9.72 Å². The van der Waals surface area contributed by atoms with Crippen molar-refractivity contribution >= 4 is 0 Å². The zero-order valence-electron chi connectivity index (χ0n) is 5.85. The van der Waals surface area contributed by atoms with Crippen LogP contribution in [-0.2, 0) is 4.74 Å². The lowest BCUT2D eigenvalue weighted by Crippen LogP contribution is -1.81. The first kappa shape index (κ1) is 6.91. The summed E-state index contributed by atoms with van der Waals surface area (Å²) in [6, 6.07) is 3.83. The number of nitrogens with one attached hydrogen (secondary N) is 1. The van der Waals surface area contributed by atoms with Crippen LogP contribution in [0, 0.1) is 11.8 Å². The van der Waals surface area contributed by atoms with Crippen LogP contribution >= 0.6 is 0 Å². The third-order valence-corrected chi connectivity index (χ3v) is 1.04. The van der Waals surface area contributed by atoms with Crippen LogP contribution in [0.25, 0.3) is 0 Å². The lowest BCUT2D eigenvalue weighted by Gasteiger charge is -1.81. The summed E-state index contributed by atoms with van der Waals surface area (Å²) in [5.74, 6) is 5.73. The van der Waals surface area contributed by atoms with Crippen molar-refractivity contribution in [3.63, 3.8) is 0 Å². The molecule has 0 bridgehead atoms. The third-order valence-electron chi connectivity index (χ3n) is 1.04. The highest BCUT2D eigenvalue weighted by atomic mass is 16.5. The van der Waals surface area contributed by atoms with E-state index >= 15 is 0 Å². The van der Waals surface area contributed by atoms with Gasteiger partial charge >= 0.3 is 0 Å². The Balaban J connectivity index is 2.49. The van der Waals surface area contributed by atoms with Gasteiger partial charge in [0.2, 0.25) is 0 Å². The average molecular weight is 135 g/mol. The molecule has 0 aliphatic carbocycles. The minimum Gasteiger partial charge on any atom is -0.372 e. The normalized spacial score (nSPS) is 8.50. The van der Waals surface area contributed by atoms with Gasteiger partial charge in [-0.2, -0.15) is 0 Å². The number of aromatic nitrogens is 1. The second kappa shape index (κ2) is 3.76. The summed E-state index contributed by atoms with van der Waals surface area (Å²) >= 11 is 0. The number of ether oxygens (including phenoxy) is 1. The highest BCUT2D eigenvalue weighted by Gasteiger charge is 1.80. The largest absolute Gasteiger partial charge is 0.372 e. The predicted octanol–water partition coefficient (Wildman–Crippen LogP) is 1.01. The van der Waals surface area contributed by atoms with Gasteiger partial charge in [-0.1, -0.05) is 5.92 Å². The van der Waals surface area contributed by atoms with Crippen molar-refractivity contribution in [3.8, 4) is 11.8 Å². The number of aromatic amines is 1. The fourth-order valence-corrected chi connectivity index (χ4v) is 0.612. The zero-order chi connectivity index (χ0) is 7.23. The van der Waals surface area contributed by atoms with E-state index in [1.165, 1.54) is 0 Å². The summed E-state index contributed by atoms with van der Waals surface area (Å²) in [4.78, 5) is 2.97. The van der Waals surface area contributed by atoms with Gasteiger partial charge in [-0.05, 0) is 18.1 Å². The van der Waals surface area contributed by atoms with Crippen LogP contribution in [0.5, 0.6) is 0 Å². The van der Waals surface area contributed by atoms with E-state index in [2.05, 4.69) is 16.8 Å². The summed E-state index contributed by atoms with van der Waals surface area (Å²) in [6.45, 7) is 0.485. The molecule has 0 saturated heterocycles. The molecule has 1 aromatic rings. The molecule has 1 aromatic heterocycles. The van der Waals surface area contributed by atoms with Gasteiger partial charge in [-0.15, -0.1) is 0 Å². The topological polar surface area (TPSA) is 25.0 Å². The Morgan fingerprint density at radius 1 is 1.70 bits per heavy atom. The number of hydrogen-bond donors (Lipinski definition) is 1. The lowest BCUT2D eigenvalue weighted by molar-refractivity contribution is 0.240. The Bertz CT molecular complexity index is 228. The molecule has 2 heteroatoms. The zero-order valence-corrected chi connectivity index (χ0v) is 5.85. The summed E-state index contributed by atoms with van der Waals surface area (Å²) in [5, 5.41) is 0. The molecular formula is C8H9NO. The van der Waals surface area contributed by atoms with Crippen LogP contribution in [0.2, 0.25) is 0 Å². The fraction of sp³-hybridized carbons (Fsp3) is 0.250. The molecule has 0 atom stereocenters. The highest BCUT2D eigenvalue weighted by molar-refractivity contribution is 5.27. The average Bonchev–Trinajstić information content (AvgIpc) is 2.41. The Hall–Kier alpha value is -1.20. The van der Waals surface area contributed by atoms with Gasteiger partial charge in [0, 0.05) is 13.3 Å². The van der Waals surface area contributed by atoms with Crippen molar-refractivity contribution in [1.29, 1.82) is 0 Å². The smallest absolute Gasteiger partial charge is 0.107 e. The van der Waals surface area contributed by atoms with Crippen molar-refractivity contribution in [2.24, 2.45) is 0 Å². The molecule has 0 radical (unpaired) electrons. The number of hydrogen-bond acceptors (Lipinski definition) is 1. The van der Waals surface area contributed by atoms with Gasteiger partial charge in [0.05, 0.1) is 5.69 Å². The SMILES string of the molecule is COCC#Cc1ccc[nH]1. The van der Waals surface area contributed by atoms with E-state index in [0.717, 1.165) is 5.69 Å². The molecule has 0 aliphatic heterocycles. The van der Waals surface area contributed by atoms with E-state index in [-0.39, 0.29) is 0 Å². The number of rotatable bonds is 1. The molecular weight excluding hydrogens is 126 g/mol. The van der Waals surface area contributed by atoms with Gasteiger partial charge in [-0.3, -0.25) is 0 Å². The first-order valence-electron chi connectivity index (χ1n) is 3.04. The van der Waals surface area contributed by atoms with Crippen LogP contribution in [-0.4, -0.2) is 18.7 Å². The van der Waals surface area contributed by atoms with Crippen molar-refractivity contribution in [1.82, 2.24) is 4.98 Å². The van der Waals surface area contributed by atoms with Crippen molar-refractivity contribution in [2.45, 2.75) is 0 Å². The molecule has 2 nitrogen and oxygen atoms in total. The minimum atomic E-state index is 0.485. The predicted molar refractivity (Wildman–Crippen MR) is 39.5 cm³/mol. The molecule has 0 amide bonds. The van der Waals surface area contributed by atoms with E-state index in [4.69, 9.17) is 4.74 Å². The Kier molecular flexibility index (Phi) is 2.60. The maximum Gasteiger partial charge on any atom is 0.107 e. The summed E-state index contributed by atoms with van der Waals surface area (Å²) in [5.41, 5.74) is 0.928. The molecule has 1 rings (SSSR count). The summed E-state index contributed by atoms with van der Waals surface area (Å²) in [7, 11) is 1.63. The molecule has 0 unspecified atom stereocenters. The Labute approximate surface area is 60.2 Å². The van der Waals surface area contributed by atoms with Gasteiger partial charge in [-0.25, -0.2) is 0 Å². The molecule has 0 spiro atoms. The van der Waals surface area contributed by atoms with Gasteiger partial charge in [0.15, 0.2) is 0 Å². The van der Waals surface area contributed by atoms with Gasteiger partial charge in [0.1, 0.15) is 6.61 Å². The first-order valence-corrected chi connectivity index (χ1v) is 3.04. The van der Waals surface area contributed by atoms with E-state index in [9.17, 15) is 0 Å². The molecule has 0 aromatic carbocycles. The van der Waals surface area contributed by atoms with Crippen molar-refractivity contribution < 1.29 is 4.74 Å². The van der Waals surface area contributed by atoms with E-state index in [1.807, 2.05) is 18.3 Å². The molecule has 0 fully saturated rings. The van der Waals surface area contributed by atoms with E-state index < -0.39 is 0 Å². The van der Waals surface area contributed by atoms with Crippen LogP contribution < -0.4 is 0 Å². The summed E-state index contributed by atoms with van der Waals surface area (Å²) < 4.78 is 4.75. The number of methoxy groups -OCH3 is 1. The van der Waals surface area contributed by atoms with E-state index in [1.54, 1.807) is 7.11 Å². The fourth-order valence-electron chi connectivity index (χ4n) is 0.612. The quantitative estimate of drug-likeness (QED) is 0.571. The highest BCUT2D eigenvalue weighted by Crippen LogP contribution is 1.89. The molecule has 0 saturated carbocycles. The lowest BCUT2D eigenvalue weighted by atomic mass is 10.4. The maximum atomic E-state index is 4.75. The van der Waals surface area contributed by atoms with Crippen LogP contribution in [0.1, 0.15) is 5.69 Å². The second-order valence-electron chi connectivity index (χ2n) is 1.82. The minimum absolute atomic E-state index is 0.485. The molecule has 10 heavy (non-hydrogen) atoms. The third kappa shape index (κ3) is 1.96. The van der Waals surface area contributed by atoms with Crippen LogP contribution in [0.3, 0.4) is 0 Å². The van der Waals surface area contributed by atoms with Crippen molar-refractivity contribution in [2.75, 3.05) is 13.7 Å². The maximum absolute atomic E-state index is 4.75. The molecule has 0 aliphatic rings. The Morgan fingerprint density at radius 3 is 3.20 bits per heavy atom.